The van der Waals surface area contributed by atoms with Crippen LogP contribution in [0.4, 0.5) is 0 Å². The number of nitrogens with zero attached hydrogens (tertiary/aromatic N) is 2. The average Bonchev–Trinajstić information content (AvgIpc) is 3.30. The van der Waals surface area contributed by atoms with Gasteiger partial charge in [-0.25, -0.2) is 9.79 Å². The van der Waals surface area contributed by atoms with E-state index in [4.69, 9.17) is 23.9 Å². The first kappa shape index (κ1) is 27.0. The molecule has 1 atom stereocenters. The van der Waals surface area contributed by atoms with Crippen molar-refractivity contribution in [3.05, 3.63) is 115 Å². The molecule has 40 heavy (non-hydrogen) atoms. The van der Waals surface area contributed by atoms with E-state index in [-0.39, 0.29) is 17.7 Å². The number of thiazole rings is 1. The lowest BCUT2D eigenvalue weighted by molar-refractivity contribution is -0.138. The highest BCUT2D eigenvalue weighted by molar-refractivity contribution is 7.07. The van der Waals surface area contributed by atoms with Crippen LogP contribution in [0.25, 0.3) is 11.8 Å². The van der Waals surface area contributed by atoms with Crippen molar-refractivity contribution >= 4 is 29.1 Å². The van der Waals surface area contributed by atoms with E-state index in [0.29, 0.717) is 43.4 Å². The Hall–Kier alpha value is -4.63. The fourth-order valence-corrected chi connectivity index (χ4v) is 5.73. The molecule has 9 heteroatoms. The second-order valence-electron chi connectivity index (χ2n) is 8.79. The van der Waals surface area contributed by atoms with Gasteiger partial charge in [0.05, 0.1) is 49.8 Å². The van der Waals surface area contributed by atoms with Crippen LogP contribution >= 0.6 is 11.3 Å². The smallest absolute Gasteiger partial charge is 0.338 e. The van der Waals surface area contributed by atoms with Gasteiger partial charge in [0.2, 0.25) is 0 Å². The van der Waals surface area contributed by atoms with Crippen LogP contribution in [-0.4, -0.2) is 38.5 Å². The Kier molecular flexibility index (Phi) is 7.84. The summed E-state index contributed by atoms with van der Waals surface area (Å²) in [5.41, 5.74) is 2.55. The van der Waals surface area contributed by atoms with Gasteiger partial charge in [-0.15, -0.1) is 0 Å². The SMILES string of the molecule is CCOC(=O)C1=C(c2ccccc2)N=c2s/c(=C\c3cccc(OC)c3OC)c(=O)n2[C@H]1c1cccc(OC)c1. The Morgan fingerprint density at radius 1 is 0.975 bits per heavy atom. The van der Waals surface area contributed by atoms with Crippen LogP contribution in [0.3, 0.4) is 0 Å². The number of para-hydroxylation sites is 1. The molecular formula is C31H28N2O6S. The van der Waals surface area contributed by atoms with E-state index >= 15 is 0 Å². The minimum absolute atomic E-state index is 0.176. The van der Waals surface area contributed by atoms with E-state index in [0.717, 1.165) is 5.56 Å². The van der Waals surface area contributed by atoms with E-state index in [9.17, 15) is 9.59 Å². The molecule has 0 N–H and O–H groups in total. The van der Waals surface area contributed by atoms with Crippen LogP contribution in [-0.2, 0) is 9.53 Å². The molecule has 2 heterocycles. The van der Waals surface area contributed by atoms with Crippen molar-refractivity contribution in [3.63, 3.8) is 0 Å². The Labute approximate surface area is 235 Å². The van der Waals surface area contributed by atoms with Crippen LogP contribution in [0.5, 0.6) is 17.2 Å². The zero-order valence-corrected chi connectivity index (χ0v) is 23.4. The predicted octanol–water partition coefficient (Wildman–Crippen LogP) is 3.96. The number of ether oxygens (including phenoxy) is 4. The third-order valence-corrected chi connectivity index (χ3v) is 7.49. The van der Waals surface area contributed by atoms with Gasteiger partial charge in [-0.05, 0) is 36.8 Å². The monoisotopic (exact) mass is 556 g/mol. The summed E-state index contributed by atoms with van der Waals surface area (Å²) in [6, 6.07) is 21.4. The molecule has 0 bridgehead atoms. The van der Waals surface area contributed by atoms with Crippen molar-refractivity contribution in [2.75, 3.05) is 27.9 Å². The van der Waals surface area contributed by atoms with Crippen molar-refractivity contribution < 1.29 is 23.7 Å². The second kappa shape index (κ2) is 11.6. The van der Waals surface area contributed by atoms with Crippen LogP contribution in [0.15, 0.2) is 88.2 Å². The van der Waals surface area contributed by atoms with E-state index in [1.165, 1.54) is 11.3 Å². The van der Waals surface area contributed by atoms with Crippen molar-refractivity contribution in [1.82, 2.24) is 4.57 Å². The van der Waals surface area contributed by atoms with Crippen LogP contribution in [0, 0.1) is 0 Å². The van der Waals surface area contributed by atoms with Crippen LogP contribution < -0.4 is 29.1 Å². The van der Waals surface area contributed by atoms with E-state index in [2.05, 4.69) is 0 Å². The lowest BCUT2D eigenvalue weighted by Gasteiger charge is -2.26. The maximum Gasteiger partial charge on any atom is 0.338 e. The molecule has 1 aromatic heterocycles. The number of hydrogen-bond acceptors (Lipinski definition) is 8. The molecule has 3 aromatic carbocycles. The van der Waals surface area contributed by atoms with Crippen molar-refractivity contribution in [3.8, 4) is 17.2 Å². The predicted molar refractivity (Wildman–Crippen MR) is 154 cm³/mol. The second-order valence-corrected chi connectivity index (χ2v) is 9.80. The van der Waals surface area contributed by atoms with Gasteiger partial charge in [-0.1, -0.05) is 65.9 Å². The molecule has 0 saturated carbocycles. The number of rotatable bonds is 8. The number of benzene rings is 3. The minimum atomic E-state index is -0.796. The summed E-state index contributed by atoms with van der Waals surface area (Å²) in [7, 11) is 4.69. The third-order valence-electron chi connectivity index (χ3n) is 6.50. The summed E-state index contributed by atoms with van der Waals surface area (Å²) in [4.78, 5) is 33.0. The fourth-order valence-electron chi connectivity index (χ4n) is 4.73. The zero-order chi connectivity index (χ0) is 28.2. The van der Waals surface area contributed by atoms with Gasteiger partial charge >= 0.3 is 5.97 Å². The Morgan fingerprint density at radius 2 is 1.75 bits per heavy atom. The molecule has 0 radical (unpaired) electrons. The Balaban J connectivity index is 1.84. The lowest BCUT2D eigenvalue weighted by Crippen LogP contribution is -2.40. The molecule has 8 nitrogen and oxygen atoms in total. The number of hydrogen-bond donors (Lipinski definition) is 0. The first-order chi connectivity index (χ1) is 19.5. The summed E-state index contributed by atoms with van der Waals surface area (Å²) < 4.78 is 24.0. The van der Waals surface area contributed by atoms with Crippen LogP contribution in [0.2, 0.25) is 0 Å². The first-order valence-corrected chi connectivity index (χ1v) is 13.5. The molecule has 0 unspecified atom stereocenters. The molecule has 1 aliphatic heterocycles. The largest absolute Gasteiger partial charge is 0.497 e. The topological polar surface area (TPSA) is 88.4 Å². The van der Waals surface area contributed by atoms with E-state index in [1.807, 2.05) is 66.7 Å². The summed E-state index contributed by atoms with van der Waals surface area (Å²) in [5, 5.41) is 0. The van der Waals surface area contributed by atoms with Gasteiger partial charge in [0, 0.05) is 11.1 Å². The molecule has 0 saturated heterocycles. The van der Waals surface area contributed by atoms with E-state index in [1.54, 1.807) is 45.0 Å². The summed E-state index contributed by atoms with van der Waals surface area (Å²) in [5.74, 6) is 1.12. The van der Waals surface area contributed by atoms with Crippen molar-refractivity contribution in [1.29, 1.82) is 0 Å². The molecular weight excluding hydrogens is 528 g/mol. The standard InChI is InChI=1S/C31H28N2O6S/c1-5-39-30(35)25-26(19-11-7-6-8-12-19)32-31-33(27(25)20-13-9-15-22(17-20)36-2)29(34)24(40-31)18-21-14-10-16-23(37-3)28(21)38-4/h6-18,27H,5H2,1-4H3/b24-18-/t27-/m0/s1. The average molecular weight is 557 g/mol. The number of aromatic nitrogens is 1. The zero-order valence-electron chi connectivity index (χ0n) is 22.5. The van der Waals surface area contributed by atoms with Crippen LogP contribution in [0.1, 0.15) is 29.7 Å². The molecule has 204 valence electrons. The third kappa shape index (κ3) is 4.91. The number of fused-ring (bicyclic) bond motifs is 1. The molecule has 0 spiro atoms. The van der Waals surface area contributed by atoms with E-state index < -0.39 is 12.0 Å². The molecule has 0 fully saturated rings. The highest BCUT2D eigenvalue weighted by Gasteiger charge is 2.35. The first-order valence-electron chi connectivity index (χ1n) is 12.6. The molecule has 4 aromatic rings. The maximum absolute atomic E-state index is 14.1. The Bertz CT molecular complexity index is 1770. The van der Waals surface area contributed by atoms with Gasteiger partial charge in [0.25, 0.3) is 5.56 Å². The van der Waals surface area contributed by atoms with Crippen molar-refractivity contribution in [2.24, 2.45) is 4.99 Å². The van der Waals surface area contributed by atoms with Crippen molar-refractivity contribution in [2.45, 2.75) is 13.0 Å². The lowest BCUT2D eigenvalue weighted by atomic mass is 9.93. The quantitative estimate of drug-likeness (QED) is 0.306. The summed E-state index contributed by atoms with van der Waals surface area (Å²) >= 11 is 1.24. The number of methoxy groups -OCH3 is 3. The molecule has 0 amide bonds. The minimum Gasteiger partial charge on any atom is -0.497 e. The fraction of sp³-hybridized carbons (Fsp3) is 0.194. The molecule has 0 aliphatic carbocycles. The highest BCUT2D eigenvalue weighted by atomic mass is 32.1. The number of carbonyl (C=O) groups excluding carboxylic acids is 1. The van der Waals surface area contributed by atoms with Gasteiger partial charge in [0.1, 0.15) is 5.75 Å². The van der Waals surface area contributed by atoms with Gasteiger partial charge in [0.15, 0.2) is 16.3 Å². The van der Waals surface area contributed by atoms with Gasteiger partial charge in [-0.2, -0.15) is 0 Å². The number of esters is 1. The maximum atomic E-state index is 14.1. The summed E-state index contributed by atoms with van der Waals surface area (Å²) in [6.07, 6.45) is 1.75. The molecule has 5 rings (SSSR count). The normalized spacial score (nSPS) is 14.8. The highest BCUT2D eigenvalue weighted by Crippen LogP contribution is 2.36. The molecule has 1 aliphatic rings. The number of carbonyl (C=O) groups is 1. The Morgan fingerprint density at radius 3 is 2.45 bits per heavy atom. The summed E-state index contributed by atoms with van der Waals surface area (Å²) in [6.45, 7) is 1.92. The van der Waals surface area contributed by atoms with Gasteiger partial charge in [-0.3, -0.25) is 9.36 Å². The van der Waals surface area contributed by atoms with Gasteiger partial charge < -0.3 is 18.9 Å².